The minimum atomic E-state index is -0.366. The lowest BCUT2D eigenvalue weighted by atomic mass is 9.90. The van der Waals surface area contributed by atoms with Crippen LogP contribution in [0.4, 0.5) is 10.2 Å². The zero-order chi connectivity index (χ0) is 14.2. The van der Waals surface area contributed by atoms with Crippen LogP contribution in [0.3, 0.4) is 0 Å². The molecule has 1 aromatic heterocycles. The van der Waals surface area contributed by atoms with Gasteiger partial charge in [0, 0.05) is 22.7 Å². The van der Waals surface area contributed by atoms with Gasteiger partial charge in [-0.25, -0.2) is 4.39 Å². The van der Waals surface area contributed by atoms with Crippen LogP contribution in [-0.4, -0.2) is 10.2 Å². The molecule has 1 heterocycles. The first-order valence-corrected chi connectivity index (χ1v) is 6.58. The molecule has 0 aliphatic rings. The van der Waals surface area contributed by atoms with E-state index in [9.17, 15) is 4.39 Å². The number of H-pyrrole nitrogens is 1. The summed E-state index contributed by atoms with van der Waals surface area (Å²) in [5.74, 6) is 0.698. The highest BCUT2D eigenvalue weighted by atomic mass is 35.5. The third-order valence-electron chi connectivity index (χ3n) is 3.48. The number of nitrogens with zero attached hydrogens (tertiary/aromatic N) is 1. The zero-order valence-electron chi connectivity index (χ0n) is 11.2. The summed E-state index contributed by atoms with van der Waals surface area (Å²) in [4.78, 5) is 0. The summed E-state index contributed by atoms with van der Waals surface area (Å²) in [5, 5.41) is 7.37. The van der Waals surface area contributed by atoms with Crippen LogP contribution in [0.25, 0.3) is 11.1 Å². The quantitative estimate of drug-likeness (QED) is 0.885. The van der Waals surface area contributed by atoms with Crippen molar-refractivity contribution in [3.8, 4) is 11.1 Å². The van der Waals surface area contributed by atoms with E-state index in [1.165, 1.54) is 12.1 Å². The molecule has 1 atom stereocenters. The van der Waals surface area contributed by atoms with Crippen LogP contribution in [0.1, 0.15) is 32.4 Å². The molecule has 0 saturated carbocycles. The molecule has 102 valence electrons. The average molecular weight is 282 g/mol. The number of hydrogen-bond acceptors (Lipinski definition) is 2. The Bertz CT molecular complexity index is 592. The van der Waals surface area contributed by atoms with E-state index in [1.807, 2.05) is 0 Å². The smallest absolute Gasteiger partial charge is 0.153 e. The summed E-state index contributed by atoms with van der Waals surface area (Å²) in [6.07, 6.45) is 0. The maximum absolute atomic E-state index is 13.1. The molecule has 3 nitrogen and oxygen atoms in total. The van der Waals surface area contributed by atoms with Gasteiger partial charge >= 0.3 is 0 Å². The maximum Gasteiger partial charge on any atom is 0.153 e. The van der Waals surface area contributed by atoms with Crippen molar-refractivity contribution in [3.05, 3.63) is 34.7 Å². The molecule has 0 saturated heterocycles. The van der Waals surface area contributed by atoms with Gasteiger partial charge in [0.15, 0.2) is 5.82 Å². The SMILES string of the molecule is CC(C)C(C)c1[nH]nc(N)c1-c1ccc(F)cc1Cl. The summed E-state index contributed by atoms with van der Waals surface area (Å²) in [5.41, 5.74) is 8.33. The van der Waals surface area contributed by atoms with Gasteiger partial charge in [0.25, 0.3) is 0 Å². The summed E-state index contributed by atoms with van der Waals surface area (Å²) >= 11 is 6.11. The fourth-order valence-electron chi connectivity index (χ4n) is 2.01. The molecule has 0 aliphatic heterocycles. The normalized spacial score (nSPS) is 12.9. The van der Waals surface area contributed by atoms with Crippen molar-refractivity contribution in [2.75, 3.05) is 5.73 Å². The van der Waals surface area contributed by atoms with Crippen molar-refractivity contribution < 1.29 is 4.39 Å². The van der Waals surface area contributed by atoms with Crippen molar-refractivity contribution >= 4 is 17.4 Å². The van der Waals surface area contributed by atoms with Gasteiger partial charge in [-0.05, 0) is 24.1 Å². The highest BCUT2D eigenvalue weighted by Crippen LogP contribution is 2.38. The molecule has 1 aromatic carbocycles. The first kappa shape index (κ1) is 13.9. The fraction of sp³-hybridized carbons (Fsp3) is 0.357. The second-order valence-electron chi connectivity index (χ2n) is 5.05. The van der Waals surface area contributed by atoms with E-state index in [0.717, 1.165) is 11.3 Å². The molecule has 3 N–H and O–H groups in total. The van der Waals surface area contributed by atoms with Crippen molar-refractivity contribution in [1.82, 2.24) is 10.2 Å². The molecular formula is C14H17ClFN3. The molecule has 0 radical (unpaired) electrons. The Labute approximate surface area is 117 Å². The molecule has 0 amide bonds. The van der Waals surface area contributed by atoms with Gasteiger partial charge in [0.2, 0.25) is 0 Å². The lowest BCUT2D eigenvalue weighted by Gasteiger charge is -2.16. The van der Waals surface area contributed by atoms with E-state index in [1.54, 1.807) is 6.07 Å². The second-order valence-corrected chi connectivity index (χ2v) is 5.46. The van der Waals surface area contributed by atoms with Gasteiger partial charge in [0.1, 0.15) is 5.82 Å². The Balaban J connectivity index is 2.58. The van der Waals surface area contributed by atoms with Crippen LogP contribution in [0.15, 0.2) is 18.2 Å². The summed E-state index contributed by atoms with van der Waals surface area (Å²) in [6, 6.07) is 4.29. The highest BCUT2D eigenvalue weighted by molar-refractivity contribution is 6.33. The van der Waals surface area contributed by atoms with Crippen LogP contribution in [0, 0.1) is 11.7 Å². The van der Waals surface area contributed by atoms with Gasteiger partial charge in [-0.1, -0.05) is 32.4 Å². The van der Waals surface area contributed by atoms with Crippen molar-refractivity contribution in [3.63, 3.8) is 0 Å². The second kappa shape index (κ2) is 5.21. The molecule has 1 unspecified atom stereocenters. The number of rotatable bonds is 3. The van der Waals surface area contributed by atoms with E-state index in [-0.39, 0.29) is 11.7 Å². The van der Waals surface area contributed by atoms with Crippen LogP contribution in [0.5, 0.6) is 0 Å². The predicted molar refractivity (Wildman–Crippen MR) is 76.7 cm³/mol. The first-order chi connectivity index (χ1) is 8.91. The minimum absolute atomic E-state index is 0.251. The molecule has 0 fully saturated rings. The number of aromatic amines is 1. The van der Waals surface area contributed by atoms with Crippen LogP contribution < -0.4 is 5.73 Å². The predicted octanol–water partition coefficient (Wildman–Crippen LogP) is 4.21. The van der Waals surface area contributed by atoms with Crippen molar-refractivity contribution in [2.45, 2.75) is 26.7 Å². The van der Waals surface area contributed by atoms with Gasteiger partial charge in [-0.3, -0.25) is 5.10 Å². The van der Waals surface area contributed by atoms with Crippen LogP contribution >= 0.6 is 11.6 Å². The maximum atomic E-state index is 13.1. The van der Waals surface area contributed by atoms with Crippen molar-refractivity contribution in [1.29, 1.82) is 0 Å². The number of anilines is 1. The largest absolute Gasteiger partial charge is 0.382 e. The molecular weight excluding hydrogens is 265 g/mol. The lowest BCUT2D eigenvalue weighted by molar-refractivity contribution is 0.523. The Morgan fingerprint density at radius 1 is 1.32 bits per heavy atom. The van der Waals surface area contributed by atoms with E-state index in [4.69, 9.17) is 17.3 Å². The summed E-state index contributed by atoms with van der Waals surface area (Å²) < 4.78 is 13.1. The number of halogens is 2. The van der Waals surface area contributed by atoms with E-state index >= 15 is 0 Å². The Kier molecular flexibility index (Phi) is 3.80. The Morgan fingerprint density at radius 3 is 2.58 bits per heavy atom. The van der Waals surface area contributed by atoms with E-state index in [0.29, 0.717) is 22.3 Å². The number of hydrogen-bond donors (Lipinski definition) is 2. The highest BCUT2D eigenvalue weighted by Gasteiger charge is 2.22. The Hall–Kier alpha value is -1.55. The number of nitrogens with two attached hydrogens (primary N) is 1. The van der Waals surface area contributed by atoms with Crippen LogP contribution in [-0.2, 0) is 0 Å². The molecule has 2 aromatic rings. The van der Waals surface area contributed by atoms with Crippen LogP contribution in [0.2, 0.25) is 5.02 Å². The number of benzene rings is 1. The zero-order valence-corrected chi connectivity index (χ0v) is 11.9. The van der Waals surface area contributed by atoms with Gasteiger partial charge in [0.05, 0.1) is 5.02 Å². The Morgan fingerprint density at radius 2 is 2.00 bits per heavy atom. The molecule has 0 spiro atoms. The topological polar surface area (TPSA) is 54.7 Å². The first-order valence-electron chi connectivity index (χ1n) is 6.21. The van der Waals surface area contributed by atoms with E-state index in [2.05, 4.69) is 31.0 Å². The standard InChI is InChI=1S/C14H17ClFN3/c1-7(2)8(3)13-12(14(17)19-18-13)10-5-4-9(16)6-11(10)15/h4-8H,1-3H3,(H3,17,18,19). The van der Waals surface area contributed by atoms with Gasteiger partial charge in [-0.2, -0.15) is 5.10 Å². The monoisotopic (exact) mass is 281 g/mol. The molecule has 0 bridgehead atoms. The van der Waals surface area contributed by atoms with E-state index < -0.39 is 0 Å². The molecule has 19 heavy (non-hydrogen) atoms. The fourth-order valence-corrected chi connectivity index (χ4v) is 2.27. The molecule has 0 aliphatic carbocycles. The summed E-state index contributed by atoms with van der Waals surface area (Å²) in [6.45, 7) is 6.34. The van der Waals surface area contributed by atoms with Crippen molar-refractivity contribution in [2.24, 2.45) is 5.92 Å². The van der Waals surface area contributed by atoms with Gasteiger partial charge in [-0.15, -0.1) is 0 Å². The van der Waals surface area contributed by atoms with Gasteiger partial charge < -0.3 is 5.73 Å². The molecule has 2 rings (SSSR count). The summed E-state index contributed by atoms with van der Waals surface area (Å²) in [7, 11) is 0. The number of aromatic nitrogens is 2. The number of nitrogen functional groups attached to an aromatic ring is 1. The lowest BCUT2D eigenvalue weighted by Crippen LogP contribution is -2.04. The third kappa shape index (κ3) is 2.59. The number of nitrogens with one attached hydrogen (secondary N) is 1. The minimum Gasteiger partial charge on any atom is -0.382 e. The third-order valence-corrected chi connectivity index (χ3v) is 3.79. The average Bonchev–Trinajstić information content (AvgIpc) is 2.70. The molecule has 5 heteroatoms.